The minimum Gasteiger partial charge on any atom is -0.469 e. The molecule has 1 aromatic rings. The van der Waals surface area contributed by atoms with Crippen LogP contribution in [0.3, 0.4) is 0 Å². The van der Waals surface area contributed by atoms with Crippen LogP contribution in [0.15, 0.2) is 16.7 Å². The van der Waals surface area contributed by atoms with Gasteiger partial charge in [0.05, 0.1) is 11.6 Å². The third-order valence-electron chi connectivity index (χ3n) is 1.99. The van der Waals surface area contributed by atoms with Crippen LogP contribution in [-0.4, -0.2) is 12.5 Å². The summed E-state index contributed by atoms with van der Waals surface area (Å²) in [5.41, 5.74) is 0.549. The molecule has 0 saturated heterocycles. The van der Waals surface area contributed by atoms with E-state index in [9.17, 15) is 4.79 Å². The lowest BCUT2D eigenvalue weighted by Gasteiger charge is -2.01. The highest BCUT2D eigenvalue weighted by molar-refractivity contribution is 5.93. The van der Waals surface area contributed by atoms with Crippen molar-refractivity contribution in [2.45, 2.75) is 26.2 Å². The van der Waals surface area contributed by atoms with Gasteiger partial charge in [0.15, 0.2) is 0 Å². The van der Waals surface area contributed by atoms with Crippen molar-refractivity contribution in [2.24, 2.45) is 0 Å². The van der Waals surface area contributed by atoms with Crippen LogP contribution in [0.4, 0.5) is 0 Å². The van der Waals surface area contributed by atoms with Gasteiger partial charge in [-0.1, -0.05) is 0 Å². The molecule has 0 spiro atoms. The Bertz CT molecular complexity index is 363. The van der Waals surface area contributed by atoms with Crippen molar-refractivity contribution in [3.05, 3.63) is 23.7 Å². The molecule has 0 unspecified atom stereocenters. The molecule has 1 N–H and O–H groups in total. The highest BCUT2D eigenvalue weighted by Crippen LogP contribution is 2.05. The number of furan rings is 1. The Labute approximate surface area is 88.9 Å². The fraction of sp³-hybridized carbons (Fsp3) is 0.455. The Kier molecular flexibility index (Phi) is 4.42. The number of carbonyl (C=O) groups excluding carboxylic acids is 1. The summed E-state index contributed by atoms with van der Waals surface area (Å²) in [6, 6.07) is 3.76. The van der Waals surface area contributed by atoms with Crippen molar-refractivity contribution >= 4 is 5.91 Å². The SMILES string of the molecule is Cc1cc(C(=O)NCCCCC#N)co1. The number of nitrogens with zero attached hydrogens (tertiary/aromatic N) is 1. The van der Waals surface area contributed by atoms with Gasteiger partial charge in [0, 0.05) is 13.0 Å². The number of hydrogen-bond donors (Lipinski definition) is 1. The molecule has 0 radical (unpaired) electrons. The van der Waals surface area contributed by atoms with Gasteiger partial charge < -0.3 is 9.73 Å². The number of aryl methyl sites for hydroxylation is 1. The zero-order valence-corrected chi connectivity index (χ0v) is 8.75. The number of rotatable bonds is 5. The molecule has 0 aromatic carbocycles. The van der Waals surface area contributed by atoms with Gasteiger partial charge >= 0.3 is 0 Å². The summed E-state index contributed by atoms with van der Waals surface area (Å²) < 4.78 is 5.03. The molecule has 4 heteroatoms. The maximum absolute atomic E-state index is 11.5. The predicted octanol–water partition coefficient (Wildman–Crippen LogP) is 2.01. The first-order valence-corrected chi connectivity index (χ1v) is 4.94. The molecule has 0 bridgehead atoms. The van der Waals surface area contributed by atoms with Crippen LogP contribution < -0.4 is 5.32 Å². The summed E-state index contributed by atoms with van der Waals surface area (Å²) >= 11 is 0. The smallest absolute Gasteiger partial charge is 0.254 e. The summed E-state index contributed by atoms with van der Waals surface area (Å²) in [5.74, 6) is 0.605. The number of nitrogens with one attached hydrogen (secondary N) is 1. The van der Waals surface area contributed by atoms with Gasteiger partial charge in [-0.3, -0.25) is 4.79 Å². The third kappa shape index (κ3) is 3.86. The fourth-order valence-corrected chi connectivity index (χ4v) is 1.20. The van der Waals surface area contributed by atoms with Crippen molar-refractivity contribution in [2.75, 3.05) is 6.54 Å². The van der Waals surface area contributed by atoms with E-state index in [4.69, 9.17) is 9.68 Å². The van der Waals surface area contributed by atoms with Crippen molar-refractivity contribution in [3.63, 3.8) is 0 Å². The largest absolute Gasteiger partial charge is 0.469 e. The molecule has 1 aromatic heterocycles. The molecule has 0 saturated carbocycles. The van der Waals surface area contributed by atoms with Crippen LogP contribution in [0.5, 0.6) is 0 Å². The topological polar surface area (TPSA) is 66.0 Å². The second-order valence-corrected chi connectivity index (χ2v) is 3.32. The molecule has 1 heterocycles. The van der Waals surface area contributed by atoms with E-state index in [0.29, 0.717) is 18.5 Å². The van der Waals surface area contributed by atoms with Gasteiger partial charge in [-0.05, 0) is 25.8 Å². The Morgan fingerprint density at radius 2 is 2.40 bits per heavy atom. The maximum Gasteiger partial charge on any atom is 0.254 e. The second kappa shape index (κ2) is 5.86. The van der Waals surface area contributed by atoms with Crippen molar-refractivity contribution in [1.29, 1.82) is 5.26 Å². The first kappa shape index (κ1) is 11.3. The molecular weight excluding hydrogens is 192 g/mol. The standard InChI is InChI=1S/C11H14N2O2/c1-9-7-10(8-15-9)11(14)13-6-4-2-3-5-12/h7-8H,2-4,6H2,1H3,(H,13,14). The van der Waals surface area contributed by atoms with Gasteiger partial charge in [-0.15, -0.1) is 0 Å². The fourth-order valence-electron chi connectivity index (χ4n) is 1.20. The van der Waals surface area contributed by atoms with E-state index in [1.807, 2.05) is 0 Å². The van der Waals surface area contributed by atoms with Crippen molar-refractivity contribution in [3.8, 4) is 6.07 Å². The van der Waals surface area contributed by atoms with Crippen molar-refractivity contribution in [1.82, 2.24) is 5.32 Å². The number of unbranched alkanes of at least 4 members (excludes halogenated alkanes) is 2. The van der Waals surface area contributed by atoms with E-state index in [1.165, 1.54) is 6.26 Å². The molecule has 0 aliphatic heterocycles. The Morgan fingerprint density at radius 3 is 3.00 bits per heavy atom. The molecule has 80 valence electrons. The second-order valence-electron chi connectivity index (χ2n) is 3.32. The Balaban J connectivity index is 2.23. The lowest BCUT2D eigenvalue weighted by molar-refractivity contribution is 0.0952. The summed E-state index contributed by atoms with van der Waals surface area (Å²) in [6.45, 7) is 2.40. The molecule has 15 heavy (non-hydrogen) atoms. The quantitative estimate of drug-likeness (QED) is 0.749. The van der Waals surface area contributed by atoms with Crippen molar-refractivity contribution < 1.29 is 9.21 Å². The van der Waals surface area contributed by atoms with Gasteiger partial charge in [-0.2, -0.15) is 5.26 Å². The first-order valence-electron chi connectivity index (χ1n) is 4.94. The zero-order chi connectivity index (χ0) is 11.1. The molecule has 1 amide bonds. The van der Waals surface area contributed by atoms with Crippen LogP contribution in [0.2, 0.25) is 0 Å². The van der Waals surface area contributed by atoms with Crippen LogP contribution in [0.25, 0.3) is 0 Å². The normalized spacial score (nSPS) is 9.60. The van der Waals surface area contributed by atoms with Gasteiger partial charge in [0.25, 0.3) is 5.91 Å². The van der Waals surface area contributed by atoms with E-state index in [0.717, 1.165) is 18.6 Å². The van der Waals surface area contributed by atoms with E-state index in [2.05, 4.69) is 11.4 Å². The number of nitriles is 1. The molecular formula is C11H14N2O2. The minimum absolute atomic E-state index is 0.121. The number of amides is 1. The molecule has 0 fully saturated rings. The Morgan fingerprint density at radius 1 is 1.60 bits per heavy atom. The molecule has 4 nitrogen and oxygen atoms in total. The van der Waals surface area contributed by atoms with Crippen LogP contribution in [0.1, 0.15) is 35.4 Å². The van der Waals surface area contributed by atoms with E-state index < -0.39 is 0 Å². The average Bonchev–Trinajstić information content (AvgIpc) is 2.64. The van der Waals surface area contributed by atoms with Crippen LogP contribution in [-0.2, 0) is 0 Å². The van der Waals surface area contributed by atoms with Crippen LogP contribution in [0, 0.1) is 18.3 Å². The summed E-state index contributed by atoms with van der Waals surface area (Å²) in [5, 5.41) is 11.1. The van der Waals surface area contributed by atoms with E-state index >= 15 is 0 Å². The van der Waals surface area contributed by atoms with Gasteiger partial charge in [0.1, 0.15) is 12.0 Å². The lowest BCUT2D eigenvalue weighted by Crippen LogP contribution is -2.23. The van der Waals surface area contributed by atoms with Gasteiger partial charge in [0.2, 0.25) is 0 Å². The molecule has 1 rings (SSSR count). The number of hydrogen-bond acceptors (Lipinski definition) is 3. The zero-order valence-electron chi connectivity index (χ0n) is 8.75. The lowest BCUT2D eigenvalue weighted by atomic mass is 10.2. The Hall–Kier alpha value is -1.76. The molecule has 0 atom stereocenters. The molecule has 0 aliphatic carbocycles. The first-order chi connectivity index (χ1) is 7.24. The third-order valence-corrected chi connectivity index (χ3v) is 1.99. The predicted molar refractivity (Wildman–Crippen MR) is 55.2 cm³/mol. The summed E-state index contributed by atoms with van der Waals surface area (Å²) in [4.78, 5) is 11.5. The summed E-state index contributed by atoms with van der Waals surface area (Å²) in [6.07, 6.45) is 3.64. The number of carbonyl (C=O) groups is 1. The van der Waals surface area contributed by atoms with E-state index in [-0.39, 0.29) is 5.91 Å². The highest BCUT2D eigenvalue weighted by atomic mass is 16.3. The van der Waals surface area contributed by atoms with Crippen LogP contribution >= 0.6 is 0 Å². The average molecular weight is 206 g/mol. The maximum atomic E-state index is 11.5. The molecule has 0 aliphatic rings. The monoisotopic (exact) mass is 206 g/mol. The highest BCUT2D eigenvalue weighted by Gasteiger charge is 2.06. The van der Waals surface area contributed by atoms with E-state index in [1.54, 1.807) is 13.0 Å². The summed E-state index contributed by atoms with van der Waals surface area (Å²) in [7, 11) is 0. The van der Waals surface area contributed by atoms with Gasteiger partial charge in [-0.25, -0.2) is 0 Å². The minimum atomic E-state index is -0.121.